The number of halogens is 6. The molecule has 1 heterocycles. The summed E-state index contributed by atoms with van der Waals surface area (Å²) in [5, 5.41) is 5.25. The topological polar surface area (TPSA) is 44.1 Å². The fourth-order valence-corrected chi connectivity index (χ4v) is 3.25. The highest BCUT2D eigenvalue weighted by atomic mass is 19.4. The molecule has 0 bridgehead atoms. The second-order valence-corrected chi connectivity index (χ2v) is 8.15. The van der Waals surface area contributed by atoms with Gasteiger partial charge in [0.05, 0.1) is 17.5 Å². The minimum absolute atomic E-state index is 0.291. The zero-order chi connectivity index (χ0) is 23.9. The first-order valence-electron chi connectivity index (χ1n) is 9.57. The molecule has 0 amide bonds. The molecule has 0 aliphatic rings. The van der Waals surface area contributed by atoms with Crippen molar-refractivity contribution in [3.63, 3.8) is 0 Å². The molecule has 0 atom stereocenters. The normalized spacial score (nSPS) is 13.1. The summed E-state index contributed by atoms with van der Waals surface area (Å²) in [7, 11) is 0. The lowest BCUT2D eigenvalue weighted by molar-refractivity contribution is -0.315. The second kappa shape index (κ2) is 8.14. The Balaban J connectivity index is 1.97. The lowest BCUT2D eigenvalue weighted by Crippen LogP contribution is -2.48. The molecule has 0 spiro atoms. The molecule has 0 N–H and O–H groups in total. The number of ether oxygens (including phenoxy) is 1. The average molecular weight is 458 g/mol. The van der Waals surface area contributed by atoms with Gasteiger partial charge in [0.2, 0.25) is 0 Å². The molecule has 1 aromatic heterocycles. The molecule has 0 radical (unpaired) electrons. The zero-order valence-electron chi connectivity index (χ0n) is 17.4. The molecule has 0 saturated heterocycles. The van der Waals surface area contributed by atoms with Crippen LogP contribution in [0.3, 0.4) is 0 Å². The maximum Gasteiger partial charge on any atom is 0.434 e. The van der Waals surface area contributed by atoms with Gasteiger partial charge in [0.15, 0.2) is 0 Å². The molecule has 10 heteroatoms. The fraction of sp³-hybridized carbons (Fsp3) is 0.364. The lowest BCUT2D eigenvalue weighted by Gasteiger charge is -2.28. The zero-order valence-corrected chi connectivity index (χ0v) is 17.4. The molecule has 172 valence electrons. The maximum atomic E-state index is 12.8. The average Bonchev–Trinajstić information content (AvgIpc) is 3.01. The van der Waals surface area contributed by atoms with Crippen LogP contribution in [0.5, 0.6) is 0 Å². The third-order valence-electron chi connectivity index (χ3n) is 4.87. The van der Waals surface area contributed by atoms with E-state index in [9.17, 15) is 31.1 Å². The summed E-state index contributed by atoms with van der Waals surface area (Å²) in [6.45, 7) is 4.01. The van der Waals surface area contributed by atoms with Crippen LogP contribution in [0.2, 0.25) is 0 Å². The number of carbonyl (C=O) groups excluding carboxylic acids is 1. The Morgan fingerprint density at radius 2 is 1.59 bits per heavy atom. The Hall–Kier alpha value is -3.04. The summed E-state index contributed by atoms with van der Waals surface area (Å²) >= 11 is 0. The van der Waals surface area contributed by atoms with E-state index < -0.39 is 29.8 Å². The van der Waals surface area contributed by atoms with Crippen molar-refractivity contribution in [3.05, 3.63) is 54.1 Å². The van der Waals surface area contributed by atoms with Crippen LogP contribution in [-0.4, -0.2) is 34.2 Å². The number of hydrogen-bond donors (Lipinski definition) is 0. The van der Waals surface area contributed by atoms with Gasteiger partial charge < -0.3 is 4.74 Å². The molecule has 0 unspecified atom stereocenters. The summed E-state index contributed by atoms with van der Waals surface area (Å²) in [5.41, 5.74) is 1.14. The van der Waals surface area contributed by atoms with Crippen molar-refractivity contribution in [2.24, 2.45) is 5.41 Å². The van der Waals surface area contributed by atoms with E-state index in [1.807, 2.05) is 43.3 Å². The molecule has 2 aromatic carbocycles. The van der Waals surface area contributed by atoms with Gasteiger partial charge in [0.25, 0.3) is 6.10 Å². The maximum absolute atomic E-state index is 12.8. The van der Waals surface area contributed by atoms with Crippen molar-refractivity contribution in [2.75, 3.05) is 0 Å². The predicted molar refractivity (Wildman–Crippen MR) is 106 cm³/mol. The largest absolute Gasteiger partial charge is 0.442 e. The van der Waals surface area contributed by atoms with Crippen molar-refractivity contribution < 1.29 is 35.9 Å². The Bertz CT molecular complexity index is 1100. The molecule has 4 nitrogen and oxygen atoms in total. The third kappa shape index (κ3) is 4.89. The first-order chi connectivity index (χ1) is 14.7. The van der Waals surface area contributed by atoms with Crippen LogP contribution in [0.1, 0.15) is 19.4 Å². The highest BCUT2D eigenvalue weighted by molar-refractivity contribution is 5.94. The fourth-order valence-electron chi connectivity index (χ4n) is 3.25. The molecule has 3 rings (SSSR count). The minimum atomic E-state index is -5.78. The lowest BCUT2D eigenvalue weighted by atomic mass is 9.93. The van der Waals surface area contributed by atoms with Gasteiger partial charge in [-0.05, 0) is 32.9 Å². The van der Waals surface area contributed by atoms with E-state index in [4.69, 9.17) is 0 Å². The number of rotatable bonds is 5. The van der Waals surface area contributed by atoms with E-state index in [1.54, 1.807) is 12.1 Å². The number of nitrogens with zero attached hydrogens (tertiary/aromatic N) is 2. The van der Waals surface area contributed by atoms with E-state index in [0.29, 0.717) is 11.2 Å². The summed E-state index contributed by atoms with van der Waals surface area (Å²) in [5.74, 6) is -1.63. The highest BCUT2D eigenvalue weighted by Crippen LogP contribution is 2.38. The SMILES string of the molecule is Cc1ccc2c(c1)c(-c1ccccc1)nn2CC(C)(C)C(=O)OC(C(F)(F)F)C(F)(F)F. The third-order valence-corrected chi connectivity index (χ3v) is 4.87. The van der Waals surface area contributed by atoms with Gasteiger partial charge in [-0.1, -0.05) is 42.0 Å². The number of benzene rings is 2. The van der Waals surface area contributed by atoms with Crippen molar-refractivity contribution in [2.45, 2.75) is 45.8 Å². The van der Waals surface area contributed by atoms with Crippen molar-refractivity contribution in [1.82, 2.24) is 9.78 Å². The molecular weight excluding hydrogens is 438 g/mol. The summed E-state index contributed by atoms with van der Waals surface area (Å²) < 4.78 is 82.2. The van der Waals surface area contributed by atoms with Crippen LogP contribution < -0.4 is 0 Å². The van der Waals surface area contributed by atoms with Crippen molar-refractivity contribution in [1.29, 1.82) is 0 Å². The molecule has 0 aliphatic carbocycles. The molecule has 0 fully saturated rings. The van der Waals surface area contributed by atoms with Gasteiger partial charge in [-0.15, -0.1) is 0 Å². The summed E-state index contributed by atoms with van der Waals surface area (Å²) in [6.07, 6.45) is -15.8. The van der Waals surface area contributed by atoms with E-state index in [2.05, 4.69) is 9.84 Å². The predicted octanol–water partition coefficient (Wildman–Crippen LogP) is 6.07. The molecule has 0 aliphatic heterocycles. The van der Waals surface area contributed by atoms with Crippen LogP contribution in [0.25, 0.3) is 22.2 Å². The van der Waals surface area contributed by atoms with Crippen molar-refractivity contribution >= 4 is 16.9 Å². The Labute approximate surface area is 179 Å². The summed E-state index contributed by atoms with van der Waals surface area (Å²) in [6, 6.07) is 14.5. The number of alkyl halides is 6. The number of aryl methyl sites for hydroxylation is 1. The smallest absolute Gasteiger partial charge is 0.434 e. The first-order valence-corrected chi connectivity index (χ1v) is 9.57. The Morgan fingerprint density at radius 1 is 1.00 bits per heavy atom. The monoisotopic (exact) mass is 458 g/mol. The van der Waals surface area contributed by atoms with Gasteiger partial charge in [0.1, 0.15) is 5.69 Å². The molecule has 3 aromatic rings. The minimum Gasteiger partial charge on any atom is -0.442 e. The van der Waals surface area contributed by atoms with Gasteiger partial charge in [-0.3, -0.25) is 9.48 Å². The van der Waals surface area contributed by atoms with Gasteiger partial charge >= 0.3 is 18.3 Å². The van der Waals surface area contributed by atoms with E-state index in [0.717, 1.165) is 16.5 Å². The quantitative estimate of drug-likeness (QED) is 0.344. The number of carbonyl (C=O) groups is 1. The van der Waals surface area contributed by atoms with Crippen LogP contribution in [-0.2, 0) is 16.1 Å². The standard InChI is InChI=1S/C22H20F6N2O2/c1-13-9-10-16-15(11-13)17(14-7-5-4-6-8-14)29-30(16)12-20(2,3)19(31)32-18(21(23,24)25)22(26,27)28/h4-11,18H,12H2,1-3H3. The van der Waals surface area contributed by atoms with E-state index in [-0.39, 0.29) is 6.54 Å². The molecular formula is C22H20F6N2O2. The highest BCUT2D eigenvalue weighted by Gasteiger charge is 2.60. The van der Waals surface area contributed by atoms with Crippen LogP contribution >= 0.6 is 0 Å². The van der Waals surface area contributed by atoms with Crippen molar-refractivity contribution in [3.8, 4) is 11.3 Å². The van der Waals surface area contributed by atoms with Gasteiger partial charge in [-0.25, -0.2) is 0 Å². The van der Waals surface area contributed by atoms with E-state index >= 15 is 0 Å². The molecule has 32 heavy (non-hydrogen) atoms. The Morgan fingerprint density at radius 3 is 2.16 bits per heavy atom. The number of hydrogen-bond acceptors (Lipinski definition) is 3. The number of esters is 1. The van der Waals surface area contributed by atoms with Crippen LogP contribution in [0.15, 0.2) is 48.5 Å². The first kappa shape index (κ1) is 23.6. The van der Waals surface area contributed by atoms with Crippen LogP contribution in [0, 0.1) is 12.3 Å². The van der Waals surface area contributed by atoms with E-state index in [1.165, 1.54) is 18.5 Å². The second-order valence-electron chi connectivity index (χ2n) is 8.15. The van der Waals surface area contributed by atoms with Gasteiger partial charge in [0, 0.05) is 10.9 Å². The number of aromatic nitrogens is 2. The Kier molecular flexibility index (Phi) is 6.01. The summed E-state index contributed by atoms with van der Waals surface area (Å²) in [4.78, 5) is 12.4. The molecule has 0 saturated carbocycles. The number of fused-ring (bicyclic) bond motifs is 1. The van der Waals surface area contributed by atoms with Gasteiger partial charge in [-0.2, -0.15) is 31.4 Å². The van der Waals surface area contributed by atoms with Crippen LogP contribution in [0.4, 0.5) is 26.3 Å².